The number of benzene rings is 1. The van der Waals surface area contributed by atoms with Gasteiger partial charge in [-0.25, -0.2) is 4.39 Å². The molecule has 1 aliphatic rings. The van der Waals surface area contributed by atoms with E-state index in [1.54, 1.807) is 12.1 Å². The Morgan fingerprint density at radius 1 is 1.46 bits per heavy atom. The summed E-state index contributed by atoms with van der Waals surface area (Å²) in [7, 11) is 2.02. The van der Waals surface area contributed by atoms with E-state index in [-0.39, 0.29) is 5.82 Å². The molecule has 1 nitrogen and oxygen atoms in total. The third-order valence-electron chi connectivity index (χ3n) is 2.48. The molecule has 0 N–H and O–H groups in total. The van der Waals surface area contributed by atoms with Gasteiger partial charge in [-0.2, -0.15) is 0 Å². The van der Waals surface area contributed by atoms with Gasteiger partial charge < -0.3 is 4.90 Å². The van der Waals surface area contributed by atoms with E-state index in [0.717, 1.165) is 18.2 Å². The lowest BCUT2D eigenvalue weighted by atomic mass is 10.2. The van der Waals surface area contributed by atoms with Gasteiger partial charge in [0, 0.05) is 19.3 Å². The van der Waals surface area contributed by atoms with Gasteiger partial charge in [-0.1, -0.05) is 6.07 Å². The quantitative estimate of drug-likeness (QED) is 0.689. The van der Waals surface area contributed by atoms with Crippen molar-refractivity contribution in [1.29, 1.82) is 0 Å². The highest BCUT2D eigenvalue weighted by molar-refractivity contribution is 5.45. The fraction of sp³-hybridized carbons (Fsp3) is 0.455. The van der Waals surface area contributed by atoms with E-state index in [0.29, 0.717) is 0 Å². The number of hydrogen-bond acceptors (Lipinski definition) is 1. The predicted octanol–water partition coefficient (Wildman–Crippen LogP) is 2.67. The Morgan fingerprint density at radius 2 is 2.23 bits per heavy atom. The number of halogens is 1. The van der Waals surface area contributed by atoms with Gasteiger partial charge >= 0.3 is 0 Å². The Labute approximate surface area is 78.2 Å². The molecule has 0 heterocycles. The molecule has 1 saturated carbocycles. The lowest BCUT2D eigenvalue weighted by Crippen LogP contribution is -2.19. The van der Waals surface area contributed by atoms with E-state index in [4.69, 9.17) is 0 Å². The fourth-order valence-electron chi connectivity index (χ4n) is 1.51. The van der Waals surface area contributed by atoms with Crippen molar-refractivity contribution in [2.45, 2.75) is 12.8 Å². The molecule has 13 heavy (non-hydrogen) atoms. The minimum absolute atomic E-state index is 0.153. The van der Waals surface area contributed by atoms with Gasteiger partial charge in [0.15, 0.2) is 0 Å². The van der Waals surface area contributed by atoms with Crippen molar-refractivity contribution in [2.75, 3.05) is 18.5 Å². The minimum Gasteiger partial charge on any atom is -0.374 e. The molecule has 0 radical (unpaired) electrons. The lowest BCUT2D eigenvalue weighted by molar-refractivity contribution is 0.626. The van der Waals surface area contributed by atoms with Crippen LogP contribution in [0, 0.1) is 11.7 Å². The van der Waals surface area contributed by atoms with Crippen molar-refractivity contribution in [1.82, 2.24) is 0 Å². The molecule has 0 amide bonds. The zero-order valence-electron chi connectivity index (χ0n) is 7.83. The standard InChI is InChI=1S/C11H14FN/c1-13(8-9-5-6-9)11-4-2-3-10(12)7-11/h2-4,7,9H,5-6,8H2,1H3. The minimum atomic E-state index is -0.153. The maximum atomic E-state index is 12.9. The highest BCUT2D eigenvalue weighted by Gasteiger charge is 2.22. The van der Waals surface area contributed by atoms with Crippen LogP contribution in [0.2, 0.25) is 0 Å². The molecule has 70 valence electrons. The van der Waals surface area contributed by atoms with Gasteiger partial charge in [-0.15, -0.1) is 0 Å². The van der Waals surface area contributed by atoms with Gasteiger partial charge in [0.25, 0.3) is 0 Å². The van der Waals surface area contributed by atoms with Gasteiger partial charge in [-0.05, 0) is 37.0 Å². The first-order chi connectivity index (χ1) is 6.25. The SMILES string of the molecule is CN(CC1CC1)c1cccc(F)c1. The molecule has 0 bridgehead atoms. The van der Waals surface area contributed by atoms with E-state index < -0.39 is 0 Å². The predicted molar refractivity (Wildman–Crippen MR) is 52.4 cm³/mol. The Bertz CT molecular complexity index is 294. The van der Waals surface area contributed by atoms with Crippen LogP contribution < -0.4 is 4.90 Å². The Balaban J connectivity index is 2.04. The monoisotopic (exact) mass is 179 g/mol. The van der Waals surface area contributed by atoms with E-state index in [1.807, 2.05) is 13.1 Å². The Hall–Kier alpha value is -1.05. The largest absolute Gasteiger partial charge is 0.374 e. The van der Waals surface area contributed by atoms with Crippen LogP contribution in [0.5, 0.6) is 0 Å². The number of nitrogens with zero attached hydrogens (tertiary/aromatic N) is 1. The Kier molecular flexibility index (Phi) is 2.21. The normalized spacial score (nSPS) is 15.8. The van der Waals surface area contributed by atoms with E-state index >= 15 is 0 Å². The second-order valence-electron chi connectivity index (χ2n) is 3.80. The third kappa shape index (κ3) is 2.20. The van der Waals surface area contributed by atoms with Crippen LogP contribution in [-0.4, -0.2) is 13.6 Å². The van der Waals surface area contributed by atoms with Crippen molar-refractivity contribution >= 4 is 5.69 Å². The molecule has 0 saturated heterocycles. The highest BCUT2D eigenvalue weighted by atomic mass is 19.1. The van der Waals surface area contributed by atoms with Crippen LogP contribution >= 0.6 is 0 Å². The summed E-state index contributed by atoms with van der Waals surface area (Å²) < 4.78 is 12.9. The molecule has 1 aromatic rings. The number of hydrogen-bond donors (Lipinski definition) is 0. The van der Waals surface area contributed by atoms with E-state index in [1.165, 1.54) is 18.9 Å². The topological polar surface area (TPSA) is 3.24 Å². The molecule has 0 aliphatic heterocycles. The summed E-state index contributed by atoms with van der Waals surface area (Å²) in [6.45, 7) is 1.06. The first-order valence-corrected chi connectivity index (χ1v) is 4.72. The van der Waals surface area contributed by atoms with Gasteiger partial charge in [0.1, 0.15) is 5.82 Å². The summed E-state index contributed by atoms with van der Waals surface area (Å²) in [5, 5.41) is 0. The zero-order chi connectivity index (χ0) is 9.26. The molecule has 2 heteroatoms. The lowest BCUT2D eigenvalue weighted by Gasteiger charge is -2.18. The van der Waals surface area contributed by atoms with Crippen LogP contribution in [-0.2, 0) is 0 Å². The smallest absolute Gasteiger partial charge is 0.125 e. The highest BCUT2D eigenvalue weighted by Crippen LogP contribution is 2.30. The fourth-order valence-corrected chi connectivity index (χ4v) is 1.51. The molecule has 0 unspecified atom stereocenters. The van der Waals surface area contributed by atoms with Crippen molar-refractivity contribution < 1.29 is 4.39 Å². The maximum absolute atomic E-state index is 12.9. The summed E-state index contributed by atoms with van der Waals surface area (Å²) in [6.07, 6.45) is 2.67. The van der Waals surface area contributed by atoms with E-state index in [9.17, 15) is 4.39 Å². The van der Waals surface area contributed by atoms with Gasteiger partial charge in [0.2, 0.25) is 0 Å². The van der Waals surface area contributed by atoms with Crippen molar-refractivity contribution in [3.63, 3.8) is 0 Å². The second kappa shape index (κ2) is 3.36. The summed E-state index contributed by atoms with van der Waals surface area (Å²) in [5.41, 5.74) is 0.979. The van der Waals surface area contributed by atoms with Gasteiger partial charge in [0.05, 0.1) is 0 Å². The van der Waals surface area contributed by atoms with E-state index in [2.05, 4.69) is 4.90 Å². The molecular weight excluding hydrogens is 165 g/mol. The first-order valence-electron chi connectivity index (χ1n) is 4.72. The maximum Gasteiger partial charge on any atom is 0.125 e. The molecule has 1 aromatic carbocycles. The van der Waals surface area contributed by atoms with Gasteiger partial charge in [-0.3, -0.25) is 0 Å². The first kappa shape index (κ1) is 8.54. The number of anilines is 1. The zero-order valence-corrected chi connectivity index (χ0v) is 7.83. The molecule has 0 aromatic heterocycles. The summed E-state index contributed by atoms with van der Waals surface area (Å²) >= 11 is 0. The van der Waals surface area contributed by atoms with Crippen LogP contribution in [0.1, 0.15) is 12.8 Å². The van der Waals surface area contributed by atoms with Crippen LogP contribution in [0.3, 0.4) is 0 Å². The third-order valence-corrected chi connectivity index (χ3v) is 2.48. The molecule has 1 aliphatic carbocycles. The average Bonchev–Trinajstić information content (AvgIpc) is 2.88. The Morgan fingerprint density at radius 3 is 2.85 bits per heavy atom. The molecule has 1 fully saturated rings. The number of rotatable bonds is 3. The average molecular weight is 179 g/mol. The summed E-state index contributed by atoms with van der Waals surface area (Å²) in [5.74, 6) is 0.688. The van der Waals surface area contributed by atoms with Crippen LogP contribution in [0.25, 0.3) is 0 Å². The molecular formula is C11H14FN. The van der Waals surface area contributed by atoms with Crippen molar-refractivity contribution in [3.8, 4) is 0 Å². The van der Waals surface area contributed by atoms with Crippen molar-refractivity contribution in [3.05, 3.63) is 30.1 Å². The van der Waals surface area contributed by atoms with Crippen LogP contribution in [0.4, 0.5) is 10.1 Å². The summed E-state index contributed by atoms with van der Waals surface area (Å²) in [4.78, 5) is 2.13. The van der Waals surface area contributed by atoms with Crippen LogP contribution in [0.15, 0.2) is 24.3 Å². The molecule has 0 atom stereocenters. The summed E-state index contributed by atoms with van der Waals surface area (Å²) in [6, 6.07) is 6.77. The second-order valence-corrected chi connectivity index (χ2v) is 3.80. The van der Waals surface area contributed by atoms with Crippen molar-refractivity contribution in [2.24, 2.45) is 5.92 Å². The molecule has 2 rings (SSSR count). The molecule has 0 spiro atoms.